The van der Waals surface area contributed by atoms with Crippen LogP contribution in [0.5, 0.6) is 5.75 Å². The highest BCUT2D eigenvalue weighted by Gasteiger charge is 2.15. The Kier molecular flexibility index (Phi) is 10.0. The number of ether oxygens (including phenoxy) is 3. The molecule has 1 saturated heterocycles. The number of guanidine groups is 1. The minimum absolute atomic E-state index is 0.574. The monoisotopic (exact) mass is 377 g/mol. The molecule has 1 aliphatic rings. The molecule has 1 aliphatic heterocycles. The van der Waals surface area contributed by atoms with Crippen LogP contribution in [0, 0.1) is 12.8 Å². The zero-order valence-electron chi connectivity index (χ0n) is 17.1. The average Bonchev–Trinajstić information content (AvgIpc) is 3.18. The summed E-state index contributed by atoms with van der Waals surface area (Å²) in [5.74, 6) is 2.43. The van der Waals surface area contributed by atoms with E-state index in [-0.39, 0.29) is 0 Å². The number of nitrogens with one attached hydrogen (secondary N) is 1. The van der Waals surface area contributed by atoms with Gasteiger partial charge in [-0.15, -0.1) is 0 Å². The van der Waals surface area contributed by atoms with E-state index in [1.165, 1.54) is 0 Å². The van der Waals surface area contributed by atoms with Crippen molar-refractivity contribution in [2.75, 3.05) is 59.7 Å². The second kappa shape index (κ2) is 12.6. The molecule has 0 radical (unpaired) electrons. The van der Waals surface area contributed by atoms with Crippen LogP contribution in [-0.4, -0.2) is 70.6 Å². The van der Waals surface area contributed by atoms with E-state index < -0.39 is 0 Å². The highest BCUT2D eigenvalue weighted by Crippen LogP contribution is 2.15. The van der Waals surface area contributed by atoms with Crippen LogP contribution in [0.4, 0.5) is 0 Å². The molecule has 0 aromatic heterocycles. The summed E-state index contributed by atoms with van der Waals surface area (Å²) in [5.41, 5.74) is 1.16. The van der Waals surface area contributed by atoms with Crippen molar-refractivity contribution in [1.29, 1.82) is 0 Å². The predicted molar refractivity (Wildman–Crippen MR) is 110 cm³/mol. The molecule has 0 amide bonds. The Labute approximate surface area is 163 Å². The third-order valence-corrected chi connectivity index (χ3v) is 4.56. The number of hydrogen-bond donors (Lipinski definition) is 1. The quantitative estimate of drug-likeness (QED) is 0.365. The van der Waals surface area contributed by atoms with Crippen LogP contribution in [0.2, 0.25) is 0 Å². The number of nitrogens with zero attached hydrogens (tertiary/aromatic N) is 2. The summed E-state index contributed by atoms with van der Waals surface area (Å²) in [7, 11) is 2.04. The van der Waals surface area contributed by atoms with Gasteiger partial charge in [-0.25, -0.2) is 0 Å². The zero-order chi connectivity index (χ0) is 19.3. The summed E-state index contributed by atoms with van der Waals surface area (Å²) in [6.07, 6.45) is 2.05. The second-order valence-corrected chi connectivity index (χ2v) is 6.93. The molecule has 6 nitrogen and oxygen atoms in total. The average molecular weight is 378 g/mol. The summed E-state index contributed by atoms with van der Waals surface area (Å²) in [6, 6.07) is 8.09. The van der Waals surface area contributed by atoms with Gasteiger partial charge in [0.2, 0.25) is 0 Å². The first-order valence-corrected chi connectivity index (χ1v) is 10.0. The van der Waals surface area contributed by atoms with Crippen molar-refractivity contribution in [1.82, 2.24) is 10.2 Å². The van der Waals surface area contributed by atoms with Crippen molar-refractivity contribution >= 4 is 5.96 Å². The number of hydrogen-bond acceptors (Lipinski definition) is 4. The fourth-order valence-corrected chi connectivity index (χ4v) is 2.90. The van der Waals surface area contributed by atoms with Crippen molar-refractivity contribution in [2.45, 2.75) is 26.7 Å². The fraction of sp³-hybridized carbons (Fsp3) is 0.667. The Bertz CT molecular complexity index is 559. The first kappa shape index (κ1) is 21.5. The molecule has 0 saturated carbocycles. The SMILES string of the molecule is CCNC(=NCCCOCC1CCOC1)N(C)CCOc1ccccc1C. The molecule has 0 bridgehead atoms. The van der Waals surface area contributed by atoms with E-state index in [2.05, 4.69) is 30.1 Å². The van der Waals surface area contributed by atoms with Gasteiger partial charge in [0, 0.05) is 39.3 Å². The van der Waals surface area contributed by atoms with E-state index in [0.29, 0.717) is 12.5 Å². The first-order valence-electron chi connectivity index (χ1n) is 10.0. The maximum absolute atomic E-state index is 5.89. The summed E-state index contributed by atoms with van der Waals surface area (Å²) in [4.78, 5) is 6.81. The van der Waals surface area contributed by atoms with Gasteiger partial charge in [0.25, 0.3) is 0 Å². The van der Waals surface area contributed by atoms with Gasteiger partial charge >= 0.3 is 0 Å². The summed E-state index contributed by atoms with van der Waals surface area (Å²) >= 11 is 0. The Morgan fingerprint density at radius 2 is 2.19 bits per heavy atom. The van der Waals surface area contributed by atoms with Crippen LogP contribution in [0.15, 0.2) is 29.3 Å². The molecule has 1 heterocycles. The van der Waals surface area contributed by atoms with Gasteiger partial charge in [-0.05, 0) is 38.3 Å². The highest BCUT2D eigenvalue weighted by atomic mass is 16.5. The summed E-state index contributed by atoms with van der Waals surface area (Å²) in [6.45, 7) is 10.4. The highest BCUT2D eigenvalue weighted by molar-refractivity contribution is 5.79. The minimum atomic E-state index is 0.574. The molecule has 1 aromatic carbocycles. The molecule has 2 rings (SSSR count). The maximum atomic E-state index is 5.89. The van der Waals surface area contributed by atoms with Crippen molar-refractivity contribution < 1.29 is 14.2 Å². The van der Waals surface area contributed by atoms with E-state index in [0.717, 1.165) is 76.2 Å². The van der Waals surface area contributed by atoms with Gasteiger partial charge in [0.05, 0.1) is 19.8 Å². The smallest absolute Gasteiger partial charge is 0.193 e. The number of aryl methyl sites for hydroxylation is 1. The van der Waals surface area contributed by atoms with Crippen molar-refractivity contribution in [3.63, 3.8) is 0 Å². The molecule has 6 heteroatoms. The minimum Gasteiger partial charge on any atom is -0.491 e. The van der Waals surface area contributed by atoms with Gasteiger partial charge in [-0.1, -0.05) is 18.2 Å². The van der Waals surface area contributed by atoms with Crippen LogP contribution in [-0.2, 0) is 9.47 Å². The lowest BCUT2D eigenvalue weighted by molar-refractivity contribution is 0.0893. The molecule has 1 unspecified atom stereocenters. The molecule has 1 N–H and O–H groups in total. The molecule has 1 atom stereocenters. The standard InChI is InChI=1S/C21H35N3O3/c1-4-22-21(23-11-7-13-25-16-19-10-14-26-17-19)24(3)12-15-27-20-9-6-5-8-18(20)2/h5-6,8-9,19H,4,7,10-17H2,1-3H3,(H,22,23). The number of rotatable bonds is 11. The maximum Gasteiger partial charge on any atom is 0.193 e. The number of likely N-dealkylation sites (N-methyl/N-ethyl adjacent to an activating group) is 1. The van der Waals surface area contributed by atoms with Crippen molar-refractivity contribution in [3.05, 3.63) is 29.8 Å². The third-order valence-electron chi connectivity index (χ3n) is 4.56. The molecule has 152 valence electrons. The number of aliphatic imine (C=N–C) groups is 1. The normalized spacial score (nSPS) is 17.1. The van der Waals surface area contributed by atoms with Crippen LogP contribution >= 0.6 is 0 Å². The molecular formula is C21H35N3O3. The molecule has 27 heavy (non-hydrogen) atoms. The Balaban J connectivity index is 1.65. The predicted octanol–water partition coefficient (Wildman–Crippen LogP) is 2.71. The second-order valence-electron chi connectivity index (χ2n) is 6.93. The molecule has 0 aliphatic carbocycles. The number of benzene rings is 1. The molecule has 1 fully saturated rings. The van der Waals surface area contributed by atoms with Crippen LogP contribution in [0.25, 0.3) is 0 Å². The van der Waals surface area contributed by atoms with E-state index in [9.17, 15) is 0 Å². The fourth-order valence-electron chi connectivity index (χ4n) is 2.90. The van der Waals surface area contributed by atoms with Gasteiger partial charge < -0.3 is 24.4 Å². The van der Waals surface area contributed by atoms with Crippen molar-refractivity contribution in [2.24, 2.45) is 10.9 Å². The number of para-hydroxylation sites is 1. The van der Waals surface area contributed by atoms with Crippen LogP contribution < -0.4 is 10.1 Å². The lowest BCUT2D eigenvalue weighted by atomic mass is 10.1. The lowest BCUT2D eigenvalue weighted by Crippen LogP contribution is -2.41. The Morgan fingerprint density at radius 3 is 2.93 bits per heavy atom. The molecular weight excluding hydrogens is 342 g/mol. The van der Waals surface area contributed by atoms with E-state index in [4.69, 9.17) is 19.2 Å². The Morgan fingerprint density at radius 1 is 1.33 bits per heavy atom. The first-order chi connectivity index (χ1) is 13.2. The van der Waals surface area contributed by atoms with Crippen LogP contribution in [0.1, 0.15) is 25.3 Å². The van der Waals surface area contributed by atoms with E-state index >= 15 is 0 Å². The lowest BCUT2D eigenvalue weighted by Gasteiger charge is -2.22. The van der Waals surface area contributed by atoms with Crippen LogP contribution in [0.3, 0.4) is 0 Å². The largest absolute Gasteiger partial charge is 0.491 e. The summed E-state index contributed by atoms with van der Waals surface area (Å²) < 4.78 is 17.0. The zero-order valence-corrected chi connectivity index (χ0v) is 17.1. The molecule has 1 aromatic rings. The van der Waals surface area contributed by atoms with E-state index in [1.807, 2.05) is 25.2 Å². The topological polar surface area (TPSA) is 55.3 Å². The van der Waals surface area contributed by atoms with Gasteiger partial charge in [0.1, 0.15) is 12.4 Å². The van der Waals surface area contributed by atoms with Gasteiger partial charge in [-0.3, -0.25) is 4.99 Å². The van der Waals surface area contributed by atoms with E-state index in [1.54, 1.807) is 0 Å². The van der Waals surface area contributed by atoms with Gasteiger partial charge in [-0.2, -0.15) is 0 Å². The third kappa shape index (κ3) is 8.18. The summed E-state index contributed by atoms with van der Waals surface area (Å²) in [5, 5.41) is 3.34. The molecule has 0 spiro atoms. The van der Waals surface area contributed by atoms with Crippen molar-refractivity contribution in [3.8, 4) is 5.75 Å². The Hall–Kier alpha value is -1.79. The van der Waals surface area contributed by atoms with Gasteiger partial charge in [0.15, 0.2) is 5.96 Å².